The van der Waals surface area contributed by atoms with E-state index in [0.717, 1.165) is 34.9 Å². The van der Waals surface area contributed by atoms with Crippen molar-refractivity contribution in [3.63, 3.8) is 0 Å². The molecule has 17 heavy (non-hydrogen) atoms. The third kappa shape index (κ3) is 2.33. The molecular weight excluding hydrogens is 230 g/mol. The predicted molar refractivity (Wildman–Crippen MR) is 72.2 cm³/mol. The SMILES string of the molecule is NCCC1(CSc2nc3ccccc3[nH]2)CC1. The topological polar surface area (TPSA) is 54.7 Å². The molecule has 1 fully saturated rings. The molecule has 3 rings (SSSR count). The van der Waals surface area contributed by atoms with E-state index in [1.165, 1.54) is 12.8 Å². The average Bonchev–Trinajstić information content (AvgIpc) is 2.98. The number of nitrogens with two attached hydrogens (primary N) is 1. The van der Waals surface area contributed by atoms with Crippen LogP contribution < -0.4 is 5.73 Å². The molecule has 0 amide bonds. The molecule has 0 radical (unpaired) electrons. The highest BCUT2D eigenvalue weighted by molar-refractivity contribution is 7.99. The van der Waals surface area contributed by atoms with Gasteiger partial charge < -0.3 is 10.7 Å². The number of aromatic nitrogens is 2. The Hall–Kier alpha value is -1.00. The van der Waals surface area contributed by atoms with E-state index >= 15 is 0 Å². The van der Waals surface area contributed by atoms with Crippen molar-refractivity contribution in [1.82, 2.24) is 9.97 Å². The Morgan fingerprint density at radius 3 is 2.88 bits per heavy atom. The van der Waals surface area contributed by atoms with Crippen LogP contribution in [0.15, 0.2) is 29.4 Å². The number of imidazole rings is 1. The lowest BCUT2D eigenvalue weighted by atomic mass is 10.1. The first kappa shape index (κ1) is 11.1. The van der Waals surface area contributed by atoms with Gasteiger partial charge in [-0.15, -0.1) is 0 Å². The van der Waals surface area contributed by atoms with Gasteiger partial charge in [0.2, 0.25) is 0 Å². The third-order valence-electron chi connectivity index (χ3n) is 3.51. The van der Waals surface area contributed by atoms with Crippen LogP contribution in [0.25, 0.3) is 11.0 Å². The monoisotopic (exact) mass is 247 g/mol. The van der Waals surface area contributed by atoms with E-state index in [1.54, 1.807) is 0 Å². The number of benzene rings is 1. The van der Waals surface area contributed by atoms with Crippen molar-refractivity contribution in [1.29, 1.82) is 0 Å². The van der Waals surface area contributed by atoms with Gasteiger partial charge in [-0.05, 0) is 43.4 Å². The number of nitrogens with one attached hydrogen (secondary N) is 1. The van der Waals surface area contributed by atoms with E-state index in [9.17, 15) is 0 Å². The largest absolute Gasteiger partial charge is 0.333 e. The highest BCUT2D eigenvalue weighted by Gasteiger charge is 2.41. The van der Waals surface area contributed by atoms with Crippen LogP contribution in [-0.4, -0.2) is 22.3 Å². The van der Waals surface area contributed by atoms with Crippen LogP contribution in [0.5, 0.6) is 0 Å². The minimum atomic E-state index is 0.512. The van der Waals surface area contributed by atoms with Gasteiger partial charge in [0.15, 0.2) is 5.16 Å². The second-order valence-electron chi connectivity index (χ2n) is 4.89. The summed E-state index contributed by atoms with van der Waals surface area (Å²) in [5.74, 6) is 1.14. The molecule has 1 aromatic heterocycles. The first-order chi connectivity index (χ1) is 8.31. The Bertz CT molecular complexity index is 483. The first-order valence-corrected chi connectivity index (χ1v) is 7.08. The average molecular weight is 247 g/mol. The van der Waals surface area contributed by atoms with Crippen molar-refractivity contribution < 1.29 is 0 Å². The number of hydrogen-bond donors (Lipinski definition) is 2. The van der Waals surface area contributed by atoms with Crippen LogP contribution in [0.4, 0.5) is 0 Å². The summed E-state index contributed by atoms with van der Waals surface area (Å²) in [6.07, 6.45) is 3.81. The summed E-state index contributed by atoms with van der Waals surface area (Å²) in [6.45, 7) is 0.806. The predicted octanol–water partition coefficient (Wildman–Crippen LogP) is 2.78. The third-order valence-corrected chi connectivity index (χ3v) is 4.74. The number of para-hydroxylation sites is 2. The second kappa shape index (κ2) is 4.35. The zero-order valence-electron chi connectivity index (χ0n) is 9.78. The molecule has 1 aliphatic rings. The summed E-state index contributed by atoms with van der Waals surface area (Å²) >= 11 is 1.83. The summed E-state index contributed by atoms with van der Waals surface area (Å²) in [5.41, 5.74) is 8.34. The normalized spacial score (nSPS) is 17.5. The lowest BCUT2D eigenvalue weighted by Gasteiger charge is -2.11. The van der Waals surface area contributed by atoms with Gasteiger partial charge in [0, 0.05) is 5.75 Å². The van der Waals surface area contributed by atoms with Crippen molar-refractivity contribution in [3.05, 3.63) is 24.3 Å². The molecule has 0 bridgehead atoms. The molecule has 0 saturated heterocycles. The van der Waals surface area contributed by atoms with Gasteiger partial charge in [-0.25, -0.2) is 4.98 Å². The van der Waals surface area contributed by atoms with Crippen molar-refractivity contribution >= 4 is 22.8 Å². The van der Waals surface area contributed by atoms with E-state index in [0.29, 0.717) is 5.41 Å². The zero-order chi connectivity index (χ0) is 11.7. The molecule has 4 heteroatoms. The molecule has 0 spiro atoms. The standard InChI is InChI=1S/C13H17N3S/c14-8-7-13(5-6-13)9-17-12-15-10-3-1-2-4-11(10)16-12/h1-4H,5-9,14H2,(H,15,16). The first-order valence-electron chi connectivity index (χ1n) is 6.09. The molecule has 0 aliphatic heterocycles. The highest BCUT2D eigenvalue weighted by Crippen LogP contribution is 2.51. The molecule has 1 aromatic carbocycles. The van der Waals surface area contributed by atoms with Crippen molar-refractivity contribution in [2.24, 2.45) is 11.1 Å². The number of rotatable bonds is 5. The molecule has 3 nitrogen and oxygen atoms in total. The van der Waals surface area contributed by atoms with E-state index < -0.39 is 0 Å². The van der Waals surface area contributed by atoms with Crippen LogP contribution in [0.3, 0.4) is 0 Å². The summed E-state index contributed by atoms with van der Waals surface area (Å²) < 4.78 is 0. The quantitative estimate of drug-likeness (QED) is 0.799. The molecule has 2 aromatic rings. The number of thioether (sulfide) groups is 1. The summed E-state index contributed by atoms with van der Waals surface area (Å²) in [6, 6.07) is 8.17. The maximum atomic E-state index is 5.65. The summed E-state index contributed by atoms with van der Waals surface area (Å²) in [7, 11) is 0. The van der Waals surface area contributed by atoms with Gasteiger partial charge in [-0.1, -0.05) is 23.9 Å². The Balaban J connectivity index is 1.69. The lowest BCUT2D eigenvalue weighted by molar-refractivity contribution is 0.537. The van der Waals surface area contributed by atoms with Crippen LogP contribution in [-0.2, 0) is 0 Å². The Kier molecular flexibility index (Phi) is 2.84. The van der Waals surface area contributed by atoms with E-state index in [2.05, 4.69) is 16.0 Å². The number of H-pyrrole nitrogens is 1. The van der Waals surface area contributed by atoms with E-state index in [-0.39, 0.29) is 0 Å². The fourth-order valence-electron chi connectivity index (χ4n) is 2.17. The molecule has 90 valence electrons. The Morgan fingerprint density at radius 2 is 2.18 bits per heavy atom. The second-order valence-corrected chi connectivity index (χ2v) is 5.85. The number of hydrogen-bond acceptors (Lipinski definition) is 3. The number of nitrogens with zero attached hydrogens (tertiary/aromatic N) is 1. The van der Waals surface area contributed by atoms with Gasteiger partial charge >= 0.3 is 0 Å². The molecule has 3 N–H and O–H groups in total. The molecule has 1 heterocycles. The van der Waals surface area contributed by atoms with Crippen LogP contribution in [0.2, 0.25) is 0 Å². The van der Waals surface area contributed by atoms with Gasteiger partial charge in [-0.3, -0.25) is 0 Å². The maximum absolute atomic E-state index is 5.65. The molecular formula is C13H17N3S. The van der Waals surface area contributed by atoms with Crippen LogP contribution >= 0.6 is 11.8 Å². The van der Waals surface area contributed by atoms with Crippen LogP contribution in [0, 0.1) is 5.41 Å². The van der Waals surface area contributed by atoms with E-state index in [4.69, 9.17) is 5.73 Å². The molecule has 0 atom stereocenters. The minimum Gasteiger partial charge on any atom is -0.333 e. The van der Waals surface area contributed by atoms with Gasteiger partial charge in [0.05, 0.1) is 11.0 Å². The Morgan fingerprint density at radius 1 is 1.35 bits per heavy atom. The fourth-order valence-corrected chi connectivity index (χ4v) is 3.39. The Labute approximate surface area is 105 Å². The van der Waals surface area contributed by atoms with Crippen LogP contribution in [0.1, 0.15) is 19.3 Å². The summed E-state index contributed by atoms with van der Waals surface area (Å²) in [5, 5.41) is 1.04. The minimum absolute atomic E-state index is 0.512. The van der Waals surface area contributed by atoms with Crippen molar-refractivity contribution in [2.45, 2.75) is 24.4 Å². The maximum Gasteiger partial charge on any atom is 0.166 e. The summed E-state index contributed by atoms with van der Waals surface area (Å²) in [4.78, 5) is 7.94. The molecule has 1 saturated carbocycles. The van der Waals surface area contributed by atoms with Gasteiger partial charge in [0.1, 0.15) is 0 Å². The van der Waals surface area contributed by atoms with E-state index in [1.807, 2.05) is 30.0 Å². The zero-order valence-corrected chi connectivity index (χ0v) is 10.6. The number of aromatic amines is 1. The highest BCUT2D eigenvalue weighted by atomic mass is 32.2. The number of fused-ring (bicyclic) bond motifs is 1. The van der Waals surface area contributed by atoms with Crippen molar-refractivity contribution in [2.75, 3.05) is 12.3 Å². The molecule has 0 unspecified atom stereocenters. The lowest BCUT2D eigenvalue weighted by Crippen LogP contribution is -2.11. The van der Waals surface area contributed by atoms with Gasteiger partial charge in [-0.2, -0.15) is 0 Å². The van der Waals surface area contributed by atoms with Gasteiger partial charge in [0.25, 0.3) is 0 Å². The van der Waals surface area contributed by atoms with Crippen molar-refractivity contribution in [3.8, 4) is 0 Å². The fraction of sp³-hybridized carbons (Fsp3) is 0.462. The molecule has 1 aliphatic carbocycles. The smallest absolute Gasteiger partial charge is 0.166 e.